The summed E-state index contributed by atoms with van der Waals surface area (Å²) in [6.45, 7) is 6.48. The lowest BCUT2D eigenvalue weighted by Gasteiger charge is -2.14. The first-order valence-electron chi connectivity index (χ1n) is 8.16. The summed E-state index contributed by atoms with van der Waals surface area (Å²) in [5.41, 5.74) is 2.22. The van der Waals surface area contributed by atoms with Gasteiger partial charge in [0.2, 0.25) is 5.91 Å². The van der Waals surface area contributed by atoms with E-state index < -0.39 is 0 Å². The fraction of sp³-hybridized carbons (Fsp3) is 0.444. The van der Waals surface area contributed by atoms with Gasteiger partial charge in [-0.2, -0.15) is 0 Å². The molecule has 0 saturated carbocycles. The molecule has 1 heterocycles. The number of nitrogens with zero attached hydrogens (tertiary/aromatic N) is 2. The normalized spacial score (nSPS) is 12.4. The Balaban J connectivity index is 1.86. The van der Waals surface area contributed by atoms with Crippen molar-refractivity contribution in [2.24, 2.45) is 5.92 Å². The third-order valence-corrected chi connectivity index (χ3v) is 4.81. The first kappa shape index (κ1) is 18.5. The smallest absolute Gasteiger partial charge is 0.230 e. The Morgan fingerprint density at radius 2 is 2.12 bits per heavy atom. The number of carbonyl (C=O) groups excluding carboxylic acids is 1. The van der Waals surface area contributed by atoms with Crippen LogP contribution in [0, 0.1) is 12.8 Å². The maximum Gasteiger partial charge on any atom is 0.230 e. The van der Waals surface area contributed by atoms with Gasteiger partial charge in [0.1, 0.15) is 0 Å². The van der Waals surface area contributed by atoms with Crippen molar-refractivity contribution in [1.29, 1.82) is 0 Å². The van der Waals surface area contributed by atoms with Gasteiger partial charge in [-0.1, -0.05) is 43.8 Å². The van der Waals surface area contributed by atoms with E-state index >= 15 is 0 Å². The van der Waals surface area contributed by atoms with Crippen molar-refractivity contribution in [3.8, 4) is 5.69 Å². The lowest BCUT2D eigenvalue weighted by molar-refractivity contribution is -0.118. The van der Waals surface area contributed by atoms with Gasteiger partial charge in [0.05, 0.1) is 17.5 Å². The van der Waals surface area contributed by atoms with Gasteiger partial charge in [-0.3, -0.25) is 9.36 Å². The third-order valence-electron chi connectivity index (χ3n) is 3.85. The van der Waals surface area contributed by atoms with Crippen LogP contribution in [0.2, 0.25) is 0 Å². The minimum absolute atomic E-state index is 0.0460. The predicted molar refractivity (Wildman–Crippen MR) is 97.5 cm³/mol. The van der Waals surface area contributed by atoms with Crippen LogP contribution >= 0.6 is 11.8 Å². The zero-order chi connectivity index (χ0) is 17.5. The number of para-hydroxylation sites is 1. The second kappa shape index (κ2) is 8.89. The number of amides is 1. The van der Waals surface area contributed by atoms with Crippen molar-refractivity contribution in [2.45, 2.75) is 38.5 Å². The predicted octanol–water partition coefficient (Wildman–Crippen LogP) is 2.80. The molecule has 1 amide bonds. The number of carbonyl (C=O) groups is 1. The van der Waals surface area contributed by atoms with E-state index in [1.165, 1.54) is 11.8 Å². The summed E-state index contributed by atoms with van der Waals surface area (Å²) in [7, 11) is 0. The Morgan fingerprint density at radius 1 is 1.38 bits per heavy atom. The summed E-state index contributed by atoms with van der Waals surface area (Å²) in [4.78, 5) is 16.3. The second-order valence-electron chi connectivity index (χ2n) is 6.10. The first-order valence-corrected chi connectivity index (χ1v) is 9.14. The number of rotatable bonds is 8. The molecule has 2 N–H and O–H groups in total. The monoisotopic (exact) mass is 347 g/mol. The molecule has 1 unspecified atom stereocenters. The standard InChI is InChI=1S/C18H25N3O2S/c1-13(2)16(22)8-9-19-17(23)12-24-18-20-10-11-21(18)15-7-5-4-6-14(15)3/h4-7,10-11,13,16,22H,8-9,12H2,1-3H3,(H,19,23). The average Bonchev–Trinajstić information content (AvgIpc) is 3.01. The van der Waals surface area contributed by atoms with Crippen LogP contribution in [0.5, 0.6) is 0 Å². The molecule has 2 rings (SSSR count). The summed E-state index contributed by atoms with van der Waals surface area (Å²) < 4.78 is 2.00. The van der Waals surface area contributed by atoms with E-state index in [1.54, 1.807) is 6.20 Å². The van der Waals surface area contributed by atoms with Crippen LogP contribution < -0.4 is 5.32 Å². The fourth-order valence-corrected chi connectivity index (χ4v) is 3.08. The topological polar surface area (TPSA) is 67.2 Å². The number of thioether (sulfide) groups is 1. The van der Waals surface area contributed by atoms with E-state index in [2.05, 4.69) is 23.3 Å². The highest BCUT2D eigenvalue weighted by molar-refractivity contribution is 7.99. The number of nitrogens with one attached hydrogen (secondary N) is 1. The molecule has 0 aliphatic heterocycles. The largest absolute Gasteiger partial charge is 0.393 e. The van der Waals surface area contributed by atoms with E-state index in [4.69, 9.17) is 0 Å². The number of aromatic nitrogens is 2. The van der Waals surface area contributed by atoms with Gasteiger partial charge in [0.25, 0.3) is 0 Å². The van der Waals surface area contributed by atoms with Gasteiger partial charge >= 0.3 is 0 Å². The first-order chi connectivity index (χ1) is 11.5. The van der Waals surface area contributed by atoms with Gasteiger partial charge in [0.15, 0.2) is 5.16 Å². The maximum atomic E-state index is 12.0. The summed E-state index contributed by atoms with van der Waals surface area (Å²) >= 11 is 1.41. The molecule has 0 fully saturated rings. The molecular formula is C18H25N3O2S. The SMILES string of the molecule is Cc1ccccc1-n1ccnc1SCC(=O)NCCC(O)C(C)C. The summed E-state index contributed by atoms with van der Waals surface area (Å²) in [6.07, 6.45) is 3.84. The quantitative estimate of drug-likeness (QED) is 0.721. The molecule has 0 aliphatic rings. The molecule has 24 heavy (non-hydrogen) atoms. The Hall–Kier alpha value is -1.79. The number of aryl methyl sites for hydroxylation is 1. The second-order valence-corrected chi connectivity index (χ2v) is 7.05. The Bertz CT molecular complexity index is 670. The van der Waals surface area contributed by atoms with Gasteiger partial charge in [-0.05, 0) is 30.9 Å². The van der Waals surface area contributed by atoms with Gasteiger partial charge < -0.3 is 10.4 Å². The van der Waals surface area contributed by atoms with Crippen LogP contribution in [0.4, 0.5) is 0 Å². The van der Waals surface area contributed by atoms with Crippen LogP contribution in [-0.2, 0) is 4.79 Å². The van der Waals surface area contributed by atoms with Crippen molar-refractivity contribution in [3.05, 3.63) is 42.2 Å². The third kappa shape index (κ3) is 5.11. The molecule has 1 aromatic heterocycles. The molecule has 0 spiro atoms. The molecule has 2 aromatic rings. The van der Waals surface area contributed by atoms with Crippen LogP contribution in [0.15, 0.2) is 41.8 Å². The number of hydrogen-bond donors (Lipinski definition) is 2. The minimum Gasteiger partial charge on any atom is -0.393 e. The number of aliphatic hydroxyl groups is 1. The van der Waals surface area contributed by atoms with Crippen molar-refractivity contribution >= 4 is 17.7 Å². The van der Waals surface area contributed by atoms with Crippen LogP contribution in [0.1, 0.15) is 25.8 Å². The lowest BCUT2D eigenvalue weighted by atomic mass is 10.0. The minimum atomic E-state index is -0.377. The van der Waals surface area contributed by atoms with E-state index in [0.29, 0.717) is 18.7 Å². The Labute approximate surface area is 147 Å². The fourth-order valence-electron chi connectivity index (χ4n) is 2.29. The lowest BCUT2D eigenvalue weighted by Crippen LogP contribution is -2.30. The van der Waals surface area contributed by atoms with E-state index in [9.17, 15) is 9.90 Å². The summed E-state index contributed by atoms with van der Waals surface area (Å²) in [5, 5.41) is 13.4. The molecular weight excluding hydrogens is 322 g/mol. The number of imidazole rings is 1. The van der Waals surface area contributed by atoms with E-state index in [0.717, 1.165) is 16.4 Å². The number of aliphatic hydroxyl groups excluding tert-OH is 1. The van der Waals surface area contributed by atoms with Gasteiger partial charge in [-0.25, -0.2) is 4.98 Å². The van der Waals surface area contributed by atoms with Gasteiger partial charge in [-0.15, -0.1) is 0 Å². The van der Waals surface area contributed by atoms with E-state index in [-0.39, 0.29) is 17.9 Å². The zero-order valence-corrected chi connectivity index (χ0v) is 15.2. The summed E-state index contributed by atoms with van der Waals surface area (Å²) in [5.74, 6) is 0.467. The van der Waals surface area contributed by atoms with Crippen LogP contribution in [0.25, 0.3) is 5.69 Å². The summed E-state index contributed by atoms with van der Waals surface area (Å²) in [6, 6.07) is 8.08. The highest BCUT2D eigenvalue weighted by atomic mass is 32.2. The number of hydrogen-bond acceptors (Lipinski definition) is 4. The van der Waals surface area contributed by atoms with Gasteiger partial charge in [0, 0.05) is 18.9 Å². The maximum absolute atomic E-state index is 12.0. The average molecular weight is 347 g/mol. The molecule has 0 saturated heterocycles. The Kier molecular flexibility index (Phi) is 6.87. The molecule has 0 radical (unpaired) electrons. The van der Waals surface area contributed by atoms with Crippen molar-refractivity contribution in [1.82, 2.24) is 14.9 Å². The Morgan fingerprint density at radius 3 is 2.83 bits per heavy atom. The molecule has 6 heteroatoms. The highest BCUT2D eigenvalue weighted by Crippen LogP contribution is 2.22. The van der Waals surface area contributed by atoms with Crippen molar-refractivity contribution in [2.75, 3.05) is 12.3 Å². The van der Waals surface area contributed by atoms with E-state index in [1.807, 2.05) is 42.8 Å². The van der Waals surface area contributed by atoms with Crippen LogP contribution in [0.3, 0.4) is 0 Å². The molecule has 130 valence electrons. The molecule has 1 atom stereocenters. The molecule has 0 aliphatic carbocycles. The highest BCUT2D eigenvalue weighted by Gasteiger charge is 2.12. The molecule has 1 aromatic carbocycles. The zero-order valence-electron chi connectivity index (χ0n) is 14.4. The van der Waals surface area contributed by atoms with Crippen LogP contribution in [-0.4, -0.2) is 39.0 Å². The van der Waals surface area contributed by atoms with Crippen molar-refractivity contribution in [3.63, 3.8) is 0 Å². The molecule has 5 nitrogen and oxygen atoms in total. The molecule has 0 bridgehead atoms. The van der Waals surface area contributed by atoms with Crippen molar-refractivity contribution < 1.29 is 9.90 Å². The number of benzene rings is 1.